The van der Waals surface area contributed by atoms with Gasteiger partial charge in [0, 0.05) is 30.6 Å². The minimum atomic E-state index is -0.168. The zero-order chi connectivity index (χ0) is 20.5. The molecule has 0 aliphatic rings. The largest absolute Gasteiger partial charge is 0.494 e. The summed E-state index contributed by atoms with van der Waals surface area (Å²) < 4.78 is 5.68. The summed E-state index contributed by atoms with van der Waals surface area (Å²) in [4.78, 5) is 26.7. The van der Waals surface area contributed by atoms with Crippen molar-refractivity contribution in [2.24, 2.45) is 0 Å². The van der Waals surface area contributed by atoms with Crippen LogP contribution in [-0.2, 0) is 4.79 Å². The van der Waals surface area contributed by atoms with Crippen LogP contribution in [0.4, 0.5) is 5.69 Å². The van der Waals surface area contributed by atoms with Crippen LogP contribution >= 0.6 is 0 Å². The van der Waals surface area contributed by atoms with Crippen LogP contribution in [0.5, 0.6) is 5.75 Å². The minimum Gasteiger partial charge on any atom is -0.494 e. The highest BCUT2D eigenvalue weighted by atomic mass is 16.5. The number of carbonyl (C=O) groups is 2. The topological polar surface area (TPSA) is 58.6 Å². The van der Waals surface area contributed by atoms with Crippen LogP contribution in [0.3, 0.4) is 0 Å². The van der Waals surface area contributed by atoms with Crippen LogP contribution in [0.25, 0.3) is 0 Å². The maximum atomic E-state index is 12.4. The quantitative estimate of drug-likeness (QED) is 0.493. The molecule has 2 aromatic rings. The second-order valence-corrected chi connectivity index (χ2v) is 7.32. The van der Waals surface area contributed by atoms with E-state index >= 15 is 0 Å². The third-order valence-corrected chi connectivity index (χ3v) is 4.43. The first-order chi connectivity index (χ1) is 13.3. The standard InChI is InChI=1S/C23H30N2O3/c1-17-6-7-18(2)21(16-17)22(26)12-13-23(27)24-19-8-10-20(11-9-19)28-15-5-14-25(3)4/h6-11,16H,5,12-15H2,1-4H3,(H,24,27). The Bertz CT molecular complexity index is 798. The Morgan fingerprint density at radius 1 is 1.00 bits per heavy atom. The van der Waals surface area contributed by atoms with Gasteiger partial charge in [-0.25, -0.2) is 0 Å². The number of nitrogens with one attached hydrogen (secondary N) is 1. The number of nitrogens with zero attached hydrogens (tertiary/aromatic N) is 1. The molecule has 0 saturated carbocycles. The number of ketones is 1. The third kappa shape index (κ3) is 7.16. The van der Waals surface area contributed by atoms with E-state index in [1.807, 2.05) is 70.4 Å². The Balaban J connectivity index is 1.78. The minimum absolute atomic E-state index is 0.00202. The number of benzene rings is 2. The normalized spacial score (nSPS) is 10.8. The van der Waals surface area contributed by atoms with E-state index < -0.39 is 0 Å². The Kier molecular flexibility index (Phi) is 8.20. The van der Waals surface area contributed by atoms with Gasteiger partial charge < -0.3 is 15.0 Å². The van der Waals surface area contributed by atoms with Crippen LogP contribution in [0.15, 0.2) is 42.5 Å². The molecule has 5 nitrogen and oxygen atoms in total. The van der Waals surface area contributed by atoms with E-state index in [1.54, 1.807) is 0 Å². The molecule has 0 aliphatic carbocycles. The molecule has 0 bridgehead atoms. The van der Waals surface area contributed by atoms with Gasteiger partial charge >= 0.3 is 0 Å². The Labute approximate surface area is 167 Å². The van der Waals surface area contributed by atoms with Crippen molar-refractivity contribution in [3.05, 3.63) is 59.2 Å². The lowest BCUT2D eigenvalue weighted by molar-refractivity contribution is -0.116. The highest BCUT2D eigenvalue weighted by Crippen LogP contribution is 2.17. The van der Waals surface area contributed by atoms with Gasteiger partial charge in [0.15, 0.2) is 5.78 Å². The highest BCUT2D eigenvalue weighted by molar-refractivity contribution is 6.01. The van der Waals surface area contributed by atoms with Gasteiger partial charge in [-0.15, -0.1) is 0 Å². The van der Waals surface area contributed by atoms with Crippen molar-refractivity contribution in [3.8, 4) is 5.75 Å². The second-order valence-electron chi connectivity index (χ2n) is 7.32. The lowest BCUT2D eigenvalue weighted by Gasteiger charge is -2.11. The molecule has 0 unspecified atom stereocenters. The predicted octanol–water partition coefficient (Wildman–Crippen LogP) is 4.24. The molecule has 1 N–H and O–H groups in total. The van der Waals surface area contributed by atoms with E-state index in [4.69, 9.17) is 4.74 Å². The molecule has 28 heavy (non-hydrogen) atoms. The molecular formula is C23H30N2O3. The number of rotatable bonds is 10. The van der Waals surface area contributed by atoms with Gasteiger partial charge in [-0.1, -0.05) is 17.7 Å². The van der Waals surface area contributed by atoms with Crippen molar-refractivity contribution >= 4 is 17.4 Å². The highest BCUT2D eigenvalue weighted by Gasteiger charge is 2.12. The van der Waals surface area contributed by atoms with Crippen molar-refractivity contribution in [2.45, 2.75) is 33.1 Å². The van der Waals surface area contributed by atoms with Crippen LogP contribution in [-0.4, -0.2) is 43.8 Å². The summed E-state index contributed by atoms with van der Waals surface area (Å²) in [5, 5.41) is 2.83. The number of anilines is 1. The van der Waals surface area contributed by atoms with E-state index in [-0.39, 0.29) is 24.5 Å². The Hall–Kier alpha value is -2.66. The fourth-order valence-electron chi connectivity index (χ4n) is 2.83. The summed E-state index contributed by atoms with van der Waals surface area (Å²) in [5.74, 6) is 0.609. The van der Waals surface area contributed by atoms with Crippen molar-refractivity contribution < 1.29 is 14.3 Å². The molecule has 0 aromatic heterocycles. The number of hydrogen-bond donors (Lipinski definition) is 1. The van der Waals surface area contributed by atoms with E-state index in [1.165, 1.54) is 0 Å². The Morgan fingerprint density at radius 3 is 2.39 bits per heavy atom. The molecule has 0 radical (unpaired) electrons. The average molecular weight is 383 g/mol. The van der Waals surface area contributed by atoms with Gasteiger partial charge in [0.2, 0.25) is 5.91 Å². The SMILES string of the molecule is Cc1ccc(C)c(C(=O)CCC(=O)Nc2ccc(OCCCN(C)C)cc2)c1. The lowest BCUT2D eigenvalue weighted by Crippen LogP contribution is -2.15. The van der Waals surface area contributed by atoms with Crippen LogP contribution in [0, 0.1) is 13.8 Å². The summed E-state index contributed by atoms with van der Waals surface area (Å²) in [7, 11) is 4.07. The Morgan fingerprint density at radius 2 is 1.71 bits per heavy atom. The second kappa shape index (κ2) is 10.6. The molecule has 0 heterocycles. The summed E-state index contributed by atoms with van der Waals surface area (Å²) in [5.41, 5.74) is 3.38. The van der Waals surface area contributed by atoms with E-state index in [0.717, 1.165) is 29.8 Å². The molecule has 2 aromatic carbocycles. The fourth-order valence-corrected chi connectivity index (χ4v) is 2.83. The van der Waals surface area contributed by atoms with Gasteiger partial charge in [0.1, 0.15) is 5.75 Å². The van der Waals surface area contributed by atoms with Crippen LogP contribution < -0.4 is 10.1 Å². The molecule has 2 rings (SSSR count). The molecule has 0 saturated heterocycles. The first-order valence-corrected chi connectivity index (χ1v) is 9.63. The van der Waals surface area contributed by atoms with E-state index in [9.17, 15) is 9.59 Å². The summed E-state index contributed by atoms with van der Waals surface area (Å²) in [6.45, 7) is 5.51. The van der Waals surface area contributed by atoms with Crippen LogP contribution in [0.1, 0.15) is 40.7 Å². The summed E-state index contributed by atoms with van der Waals surface area (Å²) in [6.07, 6.45) is 1.32. The van der Waals surface area contributed by atoms with E-state index in [0.29, 0.717) is 17.9 Å². The first kappa shape index (κ1) is 21.6. The lowest BCUT2D eigenvalue weighted by atomic mass is 9.99. The van der Waals surface area contributed by atoms with E-state index in [2.05, 4.69) is 10.2 Å². The van der Waals surface area contributed by atoms with Crippen molar-refractivity contribution in [1.29, 1.82) is 0 Å². The van der Waals surface area contributed by atoms with Gasteiger partial charge in [-0.05, 0) is 70.3 Å². The summed E-state index contributed by atoms with van der Waals surface area (Å²) >= 11 is 0. The third-order valence-electron chi connectivity index (χ3n) is 4.43. The number of aryl methyl sites for hydroxylation is 2. The van der Waals surface area contributed by atoms with Gasteiger partial charge in [-0.3, -0.25) is 9.59 Å². The van der Waals surface area contributed by atoms with Crippen molar-refractivity contribution in [3.63, 3.8) is 0 Å². The number of Topliss-reactive ketones (excluding diaryl/α,β-unsaturated/α-hetero) is 1. The molecule has 0 aliphatic heterocycles. The van der Waals surface area contributed by atoms with Gasteiger partial charge in [-0.2, -0.15) is 0 Å². The number of hydrogen-bond acceptors (Lipinski definition) is 4. The molecule has 1 amide bonds. The molecular weight excluding hydrogens is 352 g/mol. The molecule has 0 spiro atoms. The molecule has 0 fully saturated rings. The zero-order valence-corrected chi connectivity index (χ0v) is 17.2. The number of carbonyl (C=O) groups excluding carboxylic acids is 2. The van der Waals surface area contributed by atoms with Crippen molar-refractivity contribution in [1.82, 2.24) is 4.90 Å². The zero-order valence-electron chi connectivity index (χ0n) is 17.2. The molecule has 5 heteroatoms. The first-order valence-electron chi connectivity index (χ1n) is 9.63. The molecule has 150 valence electrons. The number of amides is 1. The van der Waals surface area contributed by atoms with Gasteiger partial charge in [0.25, 0.3) is 0 Å². The number of ether oxygens (including phenoxy) is 1. The summed E-state index contributed by atoms with van der Waals surface area (Å²) in [6, 6.07) is 13.1. The van der Waals surface area contributed by atoms with Crippen molar-refractivity contribution in [2.75, 3.05) is 32.6 Å². The predicted molar refractivity (Wildman–Crippen MR) is 113 cm³/mol. The van der Waals surface area contributed by atoms with Gasteiger partial charge in [0.05, 0.1) is 6.61 Å². The van der Waals surface area contributed by atoms with Crippen LogP contribution in [0.2, 0.25) is 0 Å². The fraction of sp³-hybridized carbons (Fsp3) is 0.391. The molecule has 0 atom stereocenters. The maximum Gasteiger partial charge on any atom is 0.224 e. The average Bonchev–Trinajstić information content (AvgIpc) is 2.66. The monoisotopic (exact) mass is 382 g/mol. The smallest absolute Gasteiger partial charge is 0.224 e. The maximum absolute atomic E-state index is 12.4.